The molecule has 0 aliphatic heterocycles. The first kappa shape index (κ1) is 23.4. The summed E-state index contributed by atoms with van der Waals surface area (Å²) in [7, 11) is 0. The first-order chi connectivity index (χ1) is 15.3. The normalized spacial score (nSPS) is 18.1. The largest absolute Gasteiger partial charge is 0.490 e. The lowest BCUT2D eigenvalue weighted by atomic mass is 9.87. The summed E-state index contributed by atoms with van der Waals surface area (Å²) in [5.74, 6) is -1.46. The SMILES string of the molecule is Cc1ccc(C(=O)NCCCC(=O)c2ccc(OC3CCC(C(=O)O)CC3)cc2)c(F)c1. The summed E-state index contributed by atoms with van der Waals surface area (Å²) in [6.07, 6.45) is 3.34. The lowest BCUT2D eigenvalue weighted by Crippen LogP contribution is -2.27. The Morgan fingerprint density at radius 2 is 1.75 bits per heavy atom. The van der Waals surface area contributed by atoms with Crippen molar-refractivity contribution in [1.29, 1.82) is 0 Å². The third kappa shape index (κ3) is 6.39. The second kappa shape index (κ2) is 10.9. The van der Waals surface area contributed by atoms with Crippen LogP contribution in [0.1, 0.15) is 64.8 Å². The maximum absolute atomic E-state index is 13.8. The van der Waals surface area contributed by atoms with Crippen LogP contribution in [0.3, 0.4) is 0 Å². The quantitative estimate of drug-likeness (QED) is 0.440. The summed E-state index contributed by atoms with van der Waals surface area (Å²) >= 11 is 0. The molecule has 1 aliphatic rings. The Labute approximate surface area is 186 Å². The smallest absolute Gasteiger partial charge is 0.306 e. The maximum atomic E-state index is 13.8. The molecule has 6 nitrogen and oxygen atoms in total. The number of carbonyl (C=O) groups excluding carboxylic acids is 2. The maximum Gasteiger partial charge on any atom is 0.306 e. The first-order valence-corrected chi connectivity index (χ1v) is 10.9. The molecule has 2 aromatic rings. The van der Waals surface area contributed by atoms with Crippen LogP contribution >= 0.6 is 0 Å². The fraction of sp³-hybridized carbons (Fsp3) is 0.400. The zero-order valence-corrected chi connectivity index (χ0v) is 18.1. The van der Waals surface area contributed by atoms with Crippen molar-refractivity contribution < 1.29 is 28.6 Å². The van der Waals surface area contributed by atoms with Crippen molar-refractivity contribution in [2.45, 2.75) is 51.6 Å². The van der Waals surface area contributed by atoms with Gasteiger partial charge in [-0.25, -0.2) is 4.39 Å². The van der Waals surface area contributed by atoms with Gasteiger partial charge in [0.2, 0.25) is 0 Å². The Balaban J connectivity index is 1.40. The monoisotopic (exact) mass is 441 g/mol. The number of carboxylic acid groups (broad SMARTS) is 1. The van der Waals surface area contributed by atoms with Crippen LogP contribution in [0, 0.1) is 18.7 Å². The number of ether oxygens (including phenoxy) is 1. The molecule has 2 aromatic carbocycles. The van der Waals surface area contributed by atoms with Gasteiger partial charge in [-0.2, -0.15) is 0 Å². The molecule has 0 spiro atoms. The van der Waals surface area contributed by atoms with Crippen LogP contribution in [0.25, 0.3) is 0 Å². The molecule has 1 fully saturated rings. The first-order valence-electron chi connectivity index (χ1n) is 10.9. The molecule has 7 heteroatoms. The number of Topliss-reactive ketones (excluding diaryl/α,β-unsaturated/α-hetero) is 1. The van der Waals surface area contributed by atoms with Gasteiger partial charge in [-0.05, 0) is 81.0 Å². The highest BCUT2D eigenvalue weighted by atomic mass is 19.1. The molecule has 2 N–H and O–H groups in total. The van der Waals surface area contributed by atoms with E-state index in [9.17, 15) is 18.8 Å². The molecule has 0 heterocycles. The third-order valence-electron chi connectivity index (χ3n) is 5.74. The zero-order chi connectivity index (χ0) is 23.1. The summed E-state index contributed by atoms with van der Waals surface area (Å²) in [6, 6.07) is 11.4. The molecule has 0 unspecified atom stereocenters. The van der Waals surface area contributed by atoms with Crippen molar-refractivity contribution in [3.05, 3.63) is 65.0 Å². The van der Waals surface area contributed by atoms with Crippen LogP contribution in [-0.4, -0.2) is 35.4 Å². The highest BCUT2D eigenvalue weighted by Crippen LogP contribution is 2.28. The summed E-state index contributed by atoms with van der Waals surface area (Å²) in [6.45, 7) is 2.03. The second-order valence-corrected chi connectivity index (χ2v) is 8.22. The Kier molecular flexibility index (Phi) is 7.98. The van der Waals surface area contributed by atoms with Crippen molar-refractivity contribution in [2.24, 2.45) is 5.92 Å². The number of halogens is 1. The minimum absolute atomic E-state index is 0.00544. The molecule has 0 radical (unpaired) electrons. The minimum Gasteiger partial charge on any atom is -0.490 e. The van der Waals surface area contributed by atoms with Crippen molar-refractivity contribution in [3.63, 3.8) is 0 Å². The predicted octanol–water partition coefficient (Wildman–Crippen LogP) is 4.55. The molecular formula is C25H28FNO5. The molecule has 170 valence electrons. The van der Waals surface area contributed by atoms with E-state index in [1.54, 1.807) is 37.3 Å². The number of hydrogen-bond acceptors (Lipinski definition) is 4. The molecule has 1 aliphatic carbocycles. The zero-order valence-electron chi connectivity index (χ0n) is 18.1. The van der Waals surface area contributed by atoms with Gasteiger partial charge in [-0.1, -0.05) is 6.07 Å². The minimum atomic E-state index is -0.742. The number of aryl methyl sites for hydroxylation is 1. The predicted molar refractivity (Wildman–Crippen MR) is 117 cm³/mol. The van der Waals surface area contributed by atoms with E-state index in [2.05, 4.69) is 5.32 Å². The van der Waals surface area contributed by atoms with Crippen molar-refractivity contribution in [2.75, 3.05) is 6.54 Å². The van der Waals surface area contributed by atoms with E-state index < -0.39 is 17.7 Å². The van der Waals surface area contributed by atoms with Gasteiger partial charge < -0.3 is 15.2 Å². The molecule has 32 heavy (non-hydrogen) atoms. The van der Waals surface area contributed by atoms with Gasteiger partial charge in [-0.15, -0.1) is 0 Å². The van der Waals surface area contributed by atoms with Crippen LogP contribution in [0.5, 0.6) is 5.75 Å². The number of rotatable bonds is 9. The number of hydrogen-bond donors (Lipinski definition) is 2. The Morgan fingerprint density at radius 3 is 2.38 bits per heavy atom. The lowest BCUT2D eigenvalue weighted by molar-refractivity contribution is -0.143. The molecule has 0 aromatic heterocycles. The van der Waals surface area contributed by atoms with E-state index in [-0.39, 0.29) is 36.3 Å². The topological polar surface area (TPSA) is 92.7 Å². The van der Waals surface area contributed by atoms with Crippen molar-refractivity contribution in [1.82, 2.24) is 5.32 Å². The van der Waals surface area contributed by atoms with Gasteiger partial charge >= 0.3 is 5.97 Å². The van der Waals surface area contributed by atoms with Gasteiger partial charge in [0.25, 0.3) is 5.91 Å². The summed E-state index contributed by atoms with van der Waals surface area (Å²) in [4.78, 5) is 35.5. The molecule has 1 amide bonds. The average molecular weight is 441 g/mol. The fourth-order valence-electron chi connectivity index (χ4n) is 3.83. The Hall–Kier alpha value is -3.22. The summed E-state index contributed by atoms with van der Waals surface area (Å²) in [5, 5.41) is 11.7. The summed E-state index contributed by atoms with van der Waals surface area (Å²) < 4.78 is 19.8. The highest BCUT2D eigenvalue weighted by Gasteiger charge is 2.26. The van der Waals surface area contributed by atoms with Crippen molar-refractivity contribution >= 4 is 17.7 Å². The highest BCUT2D eigenvalue weighted by molar-refractivity contribution is 5.96. The lowest BCUT2D eigenvalue weighted by Gasteiger charge is -2.26. The van der Waals surface area contributed by atoms with Gasteiger partial charge in [0, 0.05) is 18.5 Å². The number of aliphatic carboxylic acids is 1. The number of carboxylic acids is 1. The van der Waals surface area contributed by atoms with Crippen LogP contribution in [-0.2, 0) is 4.79 Å². The van der Waals surface area contributed by atoms with E-state index in [1.165, 1.54) is 12.1 Å². The third-order valence-corrected chi connectivity index (χ3v) is 5.74. The van der Waals surface area contributed by atoms with E-state index in [4.69, 9.17) is 9.84 Å². The molecule has 0 saturated heterocycles. The van der Waals surface area contributed by atoms with E-state index in [0.29, 0.717) is 43.4 Å². The number of nitrogens with one attached hydrogen (secondary N) is 1. The van der Waals surface area contributed by atoms with Crippen LogP contribution < -0.4 is 10.1 Å². The van der Waals surface area contributed by atoms with Crippen molar-refractivity contribution in [3.8, 4) is 5.75 Å². The van der Waals surface area contributed by atoms with E-state index >= 15 is 0 Å². The van der Waals surface area contributed by atoms with Gasteiger partial charge in [0.1, 0.15) is 11.6 Å². The van der Waals surface area contributed by atoms with Crippen LogP contribution in [0.4, 0.5) is 4.39 Å². The second-order valence-electron chi connectivity index (χ2n) is 8.22. The molecule has 0 bridgehead atoms. The number of ketones is 1. The molecule has 3 rings (SSSR count). The number of amides is 1. The standard InChI is InChI=1S/C25H28FNO5/c1-16-4-13-21(22(26)15-16)24(29)27-14-2-3-23(28)17-5-9-19(10-6-17)32-20-11-7-18(8-12-20)25(30)31/h4-6,9-10,13,15,18,20H,2-3,7-8,11-12,14H2,1H3,(H,27,29)(H,30,31). The van der Waals surface area contributed by atoms with Crippen LogP contribution in [0.2, 0.25) is 0 Å². The summed E-state index contributed by atoms with van der Waals surface area (Å²) in [5.41, 5.74) is 1.29. The molecular weight excluding hydrogens is 413 g/mol. The van der Waals surface area contributed by atoms with E-state index in [1.807, 2.05) is 0 Å². The van der Waals surface area contributed by atoms with Gasteiger partial charge in [0.15, 0.2) is 5.78 Å². The average Bonchev–Trinajstić information content (AvgIpc) is 2.77. The fourth-order valence-corrected chi connectivity index (χ4v) is 3.83. The molecule has 1 saturated carbocycles. The molecule has 0 atom stereocenters. The number of carbonyl (C=O) groups is 3. The number of benzene rings is 2. The Morgan fingerprint density at radius 1 is 1.06 bits per heavy atom. The van der Waals surface area contributed by atoms with Gasteiger partial charge in [-0.3, -0.25) is 14.4 Å². The van der Waals surface area contributed by atoms with Crippen LogP contribution in [0.15, 0.2) is 42.5 Å². The van der Waals surface area contributed by atoms with Gasteiger partial charge in [0.05, 0.1) is 17.6 Å². The Bertz CT molecular complexity index is 965. The van der Waals surface area contributed by atoms with E-state index in [0.717, 1.165) is 5.56 Å².